The van der Waals surface area contributed by atoms with Crippen molar-refractivity contribution in [2.45, 2.75) is 13.1 Å². The lowest BCUT2D eigenvalue weighted by atomic mass is 10.2. The van der Waals surface area contributed by atoms with Crippen LogP contribution in [0.2, 0.25) is 0 Å². The summed E-state index contributed by atoms with van der Waals surface area (Å²) in [6, 6.07) is 20.0. The number of hydrogen-bond donors (Lipinski definition) is 2. The van der Waals surface area contributed by atoms with Crippen molar-refractivity contribution in [3.05, 3.63) is 71.8 Å². The second-order valence-corrected chi connectivity index (χ2v) is 4.57. The Bertz CT molecular complexity index is 486. The second-order valence-electron chi connectivity index (χ2n) is 4.57. The molecule has 2 aromatic carbocycles. The third kappa shape index (κ3) is 4.50. The Morgan fingerprint density at radius 1 is 0.900 bits per heavy atom. The predicted molar refractivity (Wildman–Crippen MR) is 79.3 cm³/mol. The van der Waals surface area contributed by atoms with Crippen LogP contribution in [-0.2, 0) is 17.9 Å². The standard InChI is InChI=1S/C16H19N3O/c17-11-16(20)18-19(12-14-7-3-1-4-8-14)13-15-9-5-2-6-10-15/h1-10H,11-13,17H2,(H,18,20). The summed E-state index contributed by atoms with van der Waals surface area (Å²) in [6.07, 6.45) is 0. The lowest BCUT2D eigenvalue weighted by Crippen LogP contribution is -2.44. The molecule has 3 N–H and O–H groups in total. The van der Waals surface area contributed by atoms with Crippen LogP contribution in [0.15, 0.2) is 60.7 Å². The molecule has 0 fully saturated rings. The fourth-order valence-electron chi connectivity index (χ4n) is 1.96. The molecular weight excluding hydrogens is 250 g/mol. The molecule has 1 amide bonds. The van der Waals surface area contributed by atoms with Crippen molar-refractivity contribution in [2.75, 3.05) is 6.54 Å². The molecule has 0 aromatic heterocycles. The number of carbonyl (C=O) groups is 1. The Hall–Kier alpha value is -2.17. The van der Waals surface area contributed by atoms with Crippen LogP contribution in [0.5, 0.6) is 0 Å². The molecule has 0 heterocycles. The Morgan fingerprint density at radius 2 is 1.35 bits per heavy atom. The average Bonchev–Trinajstić information content (AvgIpc) is 2.49. The summed E-state index contributed by atoms with van der Waals surface area (Å²) in [6.45, 7) is 1.27. The average molecular weight is 269 g/mol. The van der Waals surface area contributed by atoms with Gasteiger partial charge in [-0.25, -0.2) is 5.01 Å². The number of nitrogens with two attached hydrogens (primary N) is 1. The van der Waals surface area contributed by atoms with Crippen LogP contribution in [0.1, 0.15) is 11.1 Å². The second kappa shape index (κ2) is 7.43. The molecule has 4 heteroatoms. The van der Waals surface area contributed by atoms with Crippen LogP contribution in [0.3, 0.4) is 0 Å². The Morgan fingerprint density at radius 3 is 1.75 bits per heavy atom. The maximum absolute atomic E-state index is 11.5. The molecule has 0 atom stereocenters. The molecular formula is C16H19N3O. The molecule has 0 aliphatic carbocycles. The molecule has 2 rings (SSSR count). The normalized spacial score (nSPS) is 10.5. The van der Waals surface area contributed by atoms with Gasteiger partial charge in [0.05, 0.1) is 6.54 Å². The van der Waals surface area contributed by atoms with Crippen molar-refractivity contribution in [3.8, 4) is 0 Å². The van der Waals surface area contributed by atoms with Crippen LogP contribution in [-0.4, -0.2) is 17.5 Å². The van der Waals surface area contributed by atoms with Gasteiger partial charge in [0.1, 0.15) is 0 Å². The Balaban J connectivity index is 2.06. The predicted octanol–water partition coefficient (Wildman–Crippen LogP) is 1.68. The SMILES string of the molecule is NCC(=O)NN(Cc1ccccc1)Cc1ccccc1. The Kier molecular flexibility index (Phi) is 5.29. The van der Waals surface area contributed by atoms with Crippen LogP contribution in [0.25, 0.3) is 0 Å². The minimum atomic E-state index is -0.183. The number of benzene rings is 2. The topological polar surface area (TPSA) is 58.4 Å². The molecule has 0 spiro atoms. The number of hydrazine groups is 1. The molecule has 20 heavy (non-hydrogen) atoms. The number of nitrogens with one attached hydrogen (secondary N) is 1. The number of hydrogen-bond acceptors (Lipinski definition) is 3. The summed E-state index contributed by atoms with van der Waals surface area (Å²) >= 11 is 0. The van der Waals surface area contributed by atoms with E-state index >= 15 is 0 Å². The maximum atomic E-state index is 11.5. The van der Waals surface area contributed by atoms with Crippen LogP contribution >= 0.6 is 0 Å². The zero-order valence-electron chi connectivity index (χ0n) is 11.3. The van der Waals surface area contributed by atoms with E-state index in [1.807, 2.05) is 65.7 Å². The van der Waals surface area contributed by atoms with Crippen molar-refractivity contribution in [3.63, 3.8) is 0 Å². The third-order valence-electron chi connectivity index (χ3n) is 2.90. The minimum absolute atomic E-state index is 0.0138. The molecule has 4 nitrogen and oxygen atoms in total. The summed E-state index contributed by atoms with van der Waals surface area (Å²) < 4.78 is 0. The third-order valence-corrected chi connectivity index (χ3v) is 2.90. The van der Waals surface area contributed by atoms with Crippen molar-refractivity contribution in [2.24, 2.45) is 5.73 Å². The summed E-state index contributed by atoms with van der Waals surface area (Å²) in [4.78, 5) is 11.5. The molecule has 0 saturated carbocycles. The first-order valence-corrected chi connectivity index (χ1v) is 6.60. The van der Waals surface area contributed by atoms with E-state index in [0.29, 0.717) is 13.1 Å². The van der Waals surface area contributed by atoms with E-state index < -0.39 is 0 Å². The lowest BCUT2D eigenvalue weighted by molar-refractivity contribution is -0.125. The summed E-state index contributed by atoms with van der Waals surface area (Å²) in [5.41, 5.74) is 10.5. The van der Waals surface area contributed by atoms with E-state index in [1.165, 1.54) is 0 Å². The zero-order valence-corrected chi connectivity index (χ0v) is 11.3. The number of amides is 1. The van der Waals surface area contributed by atoms with Gasteiger partial charge < -0.3 is 5.73 Å². The molecule has 0 saturated heterocycles. The maximum Gasteiger partial charge on any atom is 0.248 e. The number of carbonyl (C=O) groups excluding carboxylic acids is 1. The molecule has 0 radical (unpaired) electrons. The molecule has 104 valence electrons. The van der Waals surface area contributed by atoms with Crippen molar-refractivity contribution in [1.82, 2.24) is 10.4 Å². The summed E-state index contributed by atoms with van der Waals surface area (Å²) in [5.74, 6) is -0.183. The summed E-state index contributed by atoms with van der Waals surface area (Å²) in [7, 11) is 0. The van der Waals surface area contributed by atoms with Gasteiger partial charge in [0.25, 0.3) is 0 Å². The lowest BCUT2D eigenvalue weighted by Gasteiger charge is -2.23. The van der Waals surface area contributed by atoms with Crippen LogP contribution < -0.4 is 11.2 Å². The molecule has 0 bridgehead atoms. The number of rotatable bonds is 6. The van der Waals surface area contributed by atoms with Crippen LogP contribution in [0, 0.1) is 0 Å². The Labute approximate surface area is 119 Å². The fraction of sp³-hybridized carbons (Fsp3) is 0.188. The molecule has 0 aliphatic heterocycles. The highest BCUT2D eigenvalue weighted by molar-refractivity contribution is 5.77. The minimum Gasteiger partial charge on any atom is -0.322 e. The summed E-state index contributed by atoms with van der Waals surface area (Å²) in [5, 5.41) is 1.87. The van der Waals surface area contributed by atoms with Crippen molar-refractivity contribution >= 4 is 5.91 Å². The first kappa shape index (κ1) is 14.2. The monoisotopic (exact) mass is 269 g/mol. The van der Waals surface area contributed by atoms with Gasteiger partial charge in [-0.3, -0.25) is 10.2 Å². The quantitative estimate of drug-likeness (QED) is 0.784. The molecule has 2 aromatic rings. The number of nitrogens with zero attached hydrogens (tertiary/aromatic N) is 1. The largest absolute Gasteiger partial charge is 0.322 e. The fourth-order valence-corrected chi connectivity index (χ4v) is 1.96. The van der Waals surface area contributed by atoms with Gasteiger partial charge in [-0.1, -0.05) is 60.7 Å². The first-order valence-electron chi connectivity index (χ1n) is 6.60. The van der Waals surface area contributed by atoms with E-state index in [0.717, 1.165) is 11.1 Å². The van der Waals surface area contributed by atoms with Gasteiger partial charge in [0.15, 0.2) is 0 Å². The highest BCUT2D eigenvalue weighted by atomic mass is 16.2. The molecule has 0 unspecified atom stereocenters. The van der Waals surface area contributed by atoms with E-state index in [1.54, 1.807) is 0 Å². The van der Waals surface area contributed by atoms with Gasteiger partial charge in [-0.15, -0.1) is 0 Å². The van der Waals surface area contributed by atoms with Gasteiger partial charge >= 0.3 is 0 Å². The zero-order chi connectivity index (χ0) is 14.2. The van der Waals surface area contributed by atoms with E-state index in [-0.39, 0.29) is 12.5 Å². The highest BCUT2D eigenvalue weighted by Crippen LogP contribution is 2.07. The first-order chi connectivity index (χ1) is 9.78. The van der Waals surface area contributed by atoms with Gasteiger partial charge in [0.2, 0.25) is 5.91 Å². The van der Waals surface area contributed by atoms with Gasteiger partial charge in [-0.05, 0) is 11.1 Å². The highest BCUT2D eigenvalue weighted by Gasteiger charge is 2.09. The van der Waals surface area contributed by atoms with Crippen LogP contribution in [0.4, 0.5) is 0 Å². The van der Waals surface area contributed by atoms with E-state index in [9.17, 15) is 4.79 Å². The van der Waals surface area contributed by atoms with Crippen molar-refractivity contribution in [1.29, 1.82) is 0 Å². The van der Waals surface area contributed by atoms with E-state index in [2.05, 4.69) is 5.43 Å². The molecule has 0 aliphatic rings. The van der Waals surface area contributed by atoms with Crippen molar-refractivity contribution < 1.29 is 4.79 Å². The smallest absolute Gasteiger partial charge is 0.248 e. The van der Waals surface area contributed by atoms with Gasteiger partial charge in [-0.2, -0.15) is 0 Å². The van der Waals surface area contributed by atoms with E-state index in [4.69, 9.17) is 5.73 Å². The van der Waals surface area contributed by atoms with Gasteiger partial charge in [0, 0.05) is 13.1 Å².